The minimum Gasteiger partial charge on any atom is -0.480 e. The van der Waals surface area contributed by atoms with E-state index < -0.39 is 0 Å². The summed E-state index contributed by atoms with van der Waals surface area (Å²) in [4.78, 5) is 9.38. The van der Waals surface area contributed by atoms with E-state index in [1.165, 1.54) is 4.88 Å². The molecule has 0 radical (unpaired) electrons. The number of pyridine rings is 1. The van der Waals surface area contributed by atoms with Crippen LogP contribution in [0.2, 0.25) is 0 Å². The van der Waals surface area contributed by atoms with Gasteiger partial charge >= 0.3 is 0 Å². The van der Waals surface area contributed by atoms with E-state index in [1.807, 2.05) is 23.8 Å². The molecule has 0 aliphatic carbocycles. The maximum atomic E-state index is 5.18. The standard InChI is InChI=1S/C11H13N3OS/c1-8(10-6-12-7-16-10)14-9-4-3-5-13-11(9)15-2/h3-8,14H,1-2H3. The average Bonchev–Trinajstić information content (AvgIpc) is 2.83. The smallest absolute Gasteiger partial charge is 0.237 e. The molecule has 0 saturated heterocycles. The summed E-state index contributed by atoms with van der Waals surface area (Å²) in [6, 6.07) is 4.03. The second-order valence-electron chi connectivity index (χ2n) is 3.33. The van der Waals surface area contributed by atoms with Crippen LogP contribution in [0.1, 0.15) is 17.8 Å². The zero-order valence-corrected chi connectivity index (χ0v) is 9.99. The first kappa shape index (κ1) is 10.9. The van der Waals surface area contributed by atoms with E-state index in [4.69, 9.17) is 4.74 Å². The molecule has 2 aromatic rings. The third kappa shape index (κ3) is 2.30. The van der Waals surface area contributed by atoms with Gasteiger partial charge in [-0.05, 0) is 19.1 Å². The molecule has 16 heavy (non-hydrogen) atoms. The molecule has 2 heterocycles. The van der Waals surface area contributed by atoms with Crippen LogP contribution in [0.5, 0.6) is 5.88 Å². The van der Waals surface area contributed by atoms with Gasteiger partial charge in [-0.15, -0.1) is 11.3 Å². The van der Waals surface area contributed by atoms with Crippen molar-refractivity contribution in [3.05, 3.63) is 34.9 Å². The summed E-state index contributed by atoms with van der Waals surface area (Å²) in [6.45, 7) is 2.08. The predicted octanol–water partition coefficient (Wildman–Crippen LogP) is 2.72. The fraction of sp³-hybridized carbons (Fsp3) is 0.273. The van der Waals surface area contributed by atoms with Gasteiger partial charge in [-0.2, -0.15) is 0 Å². The zero-order valence-electron chi connectivity index (χ0n) is 9.18. The Morgan fingerprint density at radius 3 is 3.06 bits per heavy atom. The van der Waals surface area contributed by atoms with E-state index in [9.17, 15) is 0 Å². The van der Waals surface area contributed by atoms with Gasteiger partial charge in [-0.3, -0.25) is 4.98 Å². The molecule has 5 heteroatoms. The van der Waals surface area contributed by atoms with Crippen LogP contribution in [-0.2, 0) is 0 Å². The van der Waals surface area contributed by atoms with Crippen LogP contribution < -0.4 is 10.1 Å². The molecule has 0 amide bonds. The predicted molar refractivity (Wildman–Crippen MR) is 64.9 cm³/mol. The van der Waals surface area contributed by atoms with Gasteiger partial charge in [0.05, 0.1) is 24.3 Å². The van der Waals surface area contributed by atoms with Gasteiger partial charge in [0.2, 0.25) is 5.88 Å². The van der Waals surface area contributed by atoms with Gasteiger partial charge in [0, 0.05) is 17.3 Å². The molecule has 0 saturated carbocycles. The Bertz CT molecular complexity index is 444. The van der Waals surface area contributed by atoms with Crippen molar-refractivity contribution in [1.82, 2.24) is 9.97 Å². The fourth-order valence-electron chi connectivity index (χ4n) is 1.41. The van der Waals surface area contributed by atoms with Crippen molar-refractivity contribution in [3.63, 3.8) is 0 Å². The summed E-state index contributed by atoms with van der Waals surface area (Å²) in [5, 5.41) is 3.35. The van der Waals surface area contributed by atoms with Crippen molar-refractivity contribution in [2.45, 2.75) is 13.0 Å². The summed E-state index contributed by atoms with van der Waals surface area (Å²) in [5.41, 5.74) is 2.72. The molecule has 0 aliphatic rings. The topological polar surface area (TPSA) is 47.0 Å². The summed E-state index contributed by atoms with van der Waals surface area (Å²) in [7, 11) is 1.62. The van der Waals surface area contributed by atoms with Crippen LogP contribution in [-0.4, -0.2) is 17.1 Å². The number of nitrogens with one attached hydrogen (secondary N) is 1. The van der Waals surface area contributed by atoms with Crippen molar-refractivity contribution in [1.29, 1.82) is 0 Å². The van der Waals surface area contributed by atoms with Gasteiger partial charge < -0.3 is 10.1 Å². The molecule has 0 aromatic carbocycles. The van der Waals surface area contributed by atoms with E-state index >= 15 is 0 Å². The highest BCUT2D eigenvalue weighted by Crippen LogP contribution is 2.26. The first-order valence-electron chi connectivity index (χ1n) is 4.95. The lowest BCUT2D eigenvalue weighted by molar-refractivity contribution is 0.399. The summed E-state index contributed by atoms with van der Waals surface area (Å²) >= 11 is 1.63. The van der Waals surface area contributed by atoms with Crippen molar-refractivity contribution in [2.24, 2.45) is 0 Å². The molecular weight excluding hydrogens is 222 g/mol. The second kappa shape index (κ2) is 4.94. The Morgan fingerprint density at radius 1 is 1.50 bits per heavy atom. The summed E-state index contributed by atoms with van der Waals surface area (Å²) in [6.07, 6.45) is 3.58. The molecule has 1 atom stereocenters. The number of anilines is 1. The molecule has 0 spiro atoms. The SMILES string of the molecule is COc1ncccc1NC(C)c1cncs1. The molecule has 84 valence electrons. The fourth-order valence-corrected chi connectivity index (χ4v) is 2.04. The number of ether oxygens (including phenoxy) is 1. The first-order chi connectivity index (χ1) is 7.81. The molecule has 1 N–H and O–H groups in total. The Kier molecular flexibility index (Phi) is 3.36. The molecular formula is C11H13N3OS. The maximum Gasteiger partial charge on any atom is 0.237 e. The largest absolute Gasteiger partial charge is 0.480 e. The highest BCUT2D eigenvalue weighted by atomic mass is 32.1. The van der Waals surface area contributed by atoms with E-state index in [2.05, 4.69) is 22.2 Å². The molecule has 0 bridgehead atoms. The number of aromatic nitrogens is 2. The minimum absolute atomic E-state index is 0.200. The Labute approximate surface area is 98.3 Å². The van der Waals surface area contributed by atoms with E-state index in [1.54, 1.807) is 24.6 Å². The number of rotatable bonds is 4. The van der Waals surface area contributed by atoms with Crippen LogP contribution in [0, 0.1) is 0 Å². The molecule has 0 aliphatic heterocycles. The third-order valence-electron chi connectivity index (χ3n) is 2.21. The molecule has 1 unspecified atom stereocenters. The third-order valence-corrected chi connectivity index (χ3v) is 3.17. The van der Waals surface area contributed by atoms with Gasteiger partial charge in [0.1, 0.15) is 0 Å². The maximum absolute atomic E-state index is 5.18. The quantitative estimate of drug-likeness (QED) is 0.885. The monoisotopic (exact) mass is 235 g/mol. The molecule has 2 aromatic heterocycles. The van der Waals surface area contributed by atoms with E-state index in [-0.39, 0.29) is 6.04 Å². The van der Waals surface area contributed by atoms with Crippen LogP contribution in [0.4, 0.5) is 5.69 Å². The number of thiazole rings is 1. The van der Waals surface area contributed by atoms with Crippen LogP contribution >= 0.6 is 11.3 Å². The Hall–Kier alpha value is -1.62. The van der Waals surface area contributed by atoms with Crippen molar-refractivity contribution < 1.29 is 4.74 Å². The summed E-state index contributed by atoms with van der Waals surface area (Å²) < 4.78 is 5.18. The average molecular weight is 235 g/mol. The lowest BCUT2D eigenvalue weighted by atomic mass is 10.3. The van der Waals surface area contributed by atoms with E-state index in [0.29, 0.717) is 5.88 Å². The Balaban J connectivity index is 2.14. The van der Waals surface area contributed by atoms with Crippen LogP contribution in [0.3, 0.4) is 0 Å². The highest BCUT2D eigenvalue weighted by Gasteiger charge is 2.10. The van der Waals surface area contributed by atoms with Crippen LogP contribution in [0.25, 0.3) is 0 Å². The number of hydrogen-bond acceptors (Lipinski definition) is 5. The molecule has 2 rings (SSSR count). The van der Waals surface area contributed by atoms with E-state index in [0.717, 1.165) is 5.69 Å². The normalized spacial score (nSPS) is 12.1. The number of methoxy groups -OCH3 is 1. The minimum atomic E-state index is 0.200. The Morgan fingerprint density at radius 2 is 2.38 bits per heavy atom. The second-order valence-corrected chi connectivity index (χ2v) is 4.25. The van der Waals surface area contributed by atoms with Crippen molar-refractivity contribution >= 4 is 17.0 Å². The lowest BCUT2D eigenvalue weighted by Gasteiger charge is -2.14. The van der Waals surface area contributed by atoms with Crippen molar-refractivity contribution in [2.75, 3.05) is 12.4 Å². The van der Waals surface area contributed by atoms with Crippen LogP contribution in [0.15, 0.2) is 30.0 Å². The zero-order chi connectivity index (χ0) is 11.4. The van der Waals surface area contributed by atoms with Gasteiger partial charge in [-0.25, -0.2) is 4.98 Å². The van der Waals surface area contributed by atoms with Gasteiger partial charge in [0.15, 0.2) is 0 Å². The lowest BCUT2D eigenvalue weighted by Crippen LogP contribution is -2.06. The number of nitrogens with zero attached hydrogens (tertiary/aromatic N) is 2. The summed E-state index contributed by atoms with van der Waals surface area (Å²) in [5.74, 6) is 0.610. The molecule has 4 nitrogen and oxygen atoms in total. The highest BCUT2D eigenvalue weighted by molar-refractivity contribution is 7.09. The van der Waals surface area contributed by atoms with Gasteiger partial charge in [-0.1, -0.05) is 0 Å². The molecule has 0 fully saturated rings. The number of hydrogen-bond donors (Lipinski definition) is 1. The van der Waals surface area contributed by atoms with Crippen molar-refractivity contribution in [3.8, 4) is 5.88 Å². The van der Waals surface area contributed by atoms with Gasteiger partial charge in [0.25, 0.3) is 0 Å². The first-order valence-corrected chi connectivity index (χ1v) is 5.83.